The normalized spacial score (nSPS) is 11.6. The van der Waals surface area contributed by atoms with E-state index in [0.29, 0.717) is 0 Å². The van der Waals surface area contributed by atoms with E-state index in [0.717, 1.165) is 64.9 Å². The Kier molecular flexibility index (Phi) is 11.8. The van der Waals surface area contributed by atoms with Gasteiger partial charge >= 0.3 is 0 Å². The molecule has 4 aromatic rings. The fourth-order valence-electron chi connectivity index (χ4n) is 5.23. The van der Waals surface area contributed by atoms with Gasteiger partial charge in [-0.15, -0.1) is 22.7 Å². The van der Waals surface area contributed by atoms with E-state index < -0.39 is 0 Å². The van der Waals surface area contributed by atoms with Gasteiger partial charge in [0.2, 0.25) is 0 Å². The van der Waals surface area contributed by atoms with Crippen molar-refractivity contribution < 1.29 is 4.79 Å². The number of rotatable bonds is 18. The minimum atomic E-state index is 0.841. The van der Waals surface area contributed by atoms with Crippen LogP contribution >= 0.6 is 22.7 Å². The lowest BCUT2D eigenvalue weighted by Gasteiger charge is -2.03. The van der Waals surface area contributed by atoms with Crippen molar-refractivity contribution in [3.63, 3.8) is 0 Å². The van der Waals surface area contributed by atoms with E-state index in [1.807, 2.05) is 16.1 Å². The van der Waals surface area contributed by atoms with E-state index >= 15 is 0 Å². The number of hydrogen-bond acceptors (Lipinski definition) is 5. The summed E-state index contributed by atoms with van der Waals surface area (Å²) in [6.45, 7) is 7.58. The molecular weight excluding hydrogens is 519 g/mol. The third-order valence-corrected chi connectivity index (χ3v) is 9.69. The average Bonchev–Trinajstić information content (AvgIpc) is 3.69. The summed E-state index contributed by atoms with van der Waals surface area (Å²) in [6, 6.07) is 9.02. The second-order valence-corrected chi connectivity index (χ2v) is 12.8. The van der Waals surface area contributed by atoms with Crippen molar-refractivity contribution in [2.45, 2.75) is 117 Å². The van der Waals surface area contributed by atoms with E-state index in [2.05, 4.69) is 50.4 Å². The third kappa shape index (κ3) is 7.88. The number of nitrogens with zero attached hydrogens (tertiary/aromatic N) is 3. The molecule has 0 amide bonds. The Bertz CT molecular complexity index is 1320. The fraction of sp³-hybridized carbons (Fsp3) is 0.545. The number of aromatic nitrogens is 3. The lowest BCUT2D eigenvalue weighted by molar-refractivity contribution is 0.112. The van der Waals surface area contributed by atoms with Gasteiger partial charge in [-0.2, -0.15) is 15.0 Å². The fourth-order valence-corrected chi connectivity index (χ4v) is 7.26. The Morgan fingerprint density at radius 2 is 1.36 bits per heavy atom. The van der Waals surface area contributed by atoms with Crippen LogP contribution < -0.4 is 0 Å². The third-order valence-electron chi connectivity index (χ3n) is 7.55. The van der Waals surface area contributed by atoms with Crippen LogP contribution in [0, 0.1) is 0 Å². The highest BCUT2D eigenvalue weighted by Gasteiger charge is 2.19. The molecule has 39 heavy (non-hydrogen) atoms. The topological polar surface area (TPSA) is 47.8 Å². The van der Waals surface area contributed by atoms with E-state index in [1.165, 1.54) is 85.8 Å². The monoisotopic (exact) mass is 563 g/mol. The van der Waals surface area contributed by atoms with Crippen molar-refractivity contribution in [1.82, 2.24) is 15.0 Å². The summed E-state index contributed by atoms with van der Waals surface area (Å²) in [4.78, 5) is 17.1. The van der Waals surface area contributed by atoms with Crippen molar-refractivity contribution in [3.8, 4) is 20.9 Å². The number of fused-ring (bicyclic) bond motifs is 1. The van der Waals surface area contributed by atoms with Gasteiger partial charge in [-0.25, -0.2) is 0 Å². The molecular formula is C33H45N3OS2. The molecule has 1 aromatic carbocycles. The average molecular weight is 564 g/mol. The molecule has 0 saturated carbocycles. The first-order valence-electron chi connectivity index (χ1n) is 15.2. The predicted molar refractivity (Wildman–Crippen MR) is 169 cm³/mol. The van der Waals surface area contributed by atoms with Gasteiger partial charge in [0.25, 0.3) is 0 Å². The largest absolute Gasteiger partial charge is 0.297 e. The van der Waals surface area contributed by atoms with Crippen molar-refractivity contribution in [1.29, 1.82) is 0 Å². The van der Waals surface area contributed by atoms with Gasteiger partial charge in [0.15, 0.2) is 6.29 Å². The second-order valence-electron chi connectivity index (χ2n) is 10.8. The second kappa shape index (κ2) is 15.5. The molecule has 4 rings (SSSR count). The van der Waals surface area contributed by atoms with Gasteiger partial charge in [-0.1, -0.05) is 90.7 Å². The highest BCUT2D eigenvalue weighted by molar-refractivity contribution is 7.17. The maximum Gasteiger partial charge on any atom is 0.160 e. The zero-order chi connectivity index (χ0) is 27.5. The molecule has 0 atom stereocenters. The molecule has 0 fully saturated rings. The van der Waals surface area contributed by atoms with Crippen LogP contribution in [0.1, 0.15) is 119 Å². The molecule has 0 spiro atoms. The first-order chi connectivity index (χ1) is 19.2. The van der Waals surface area contributed by atoms with Crippen LogP contribution in [0.3, 0.4) is 0 Å². The van der Waals surface area contributed by atoms with Crippen LogP contribution in [0.15, 0.2) is 29.6 Å². The first-order valence-corrected chi connectivity index (χ1v) is 16.9. The summed E-state index contributed by atoms with van der Waals surface area (Å²) in [5.41, 5.74) is 6.81. The van der Waals surface area contributed by atoms with Gasteiger partial charge < -0.3 is 0 Å². The zero-order valence-electron chi connectivity index (χ0n) is 24.1. The highest BCUT2D eigenvalue weighted by Crippen LogP contribution is 2.40. The summed E-state index contributed by atoms with van der Waals surface area (Å²) < 4.78 is 0. The Balaban J connectivity index is 1.66. The molecule has 4 nitrogen and oxygen atoms in total. The summed E-state index contributed by atoms with van der Waals surface area (Å²) in [7, 11) is 0. The van der Waals surface area contributed by atoms with Crippen LogP contribution in [0.25, 0.3) is 31.9 Å². The molecule has 210 valence electrons. The standard InChI is InChI=1S/C33H45N3OS2/c1-4-7-10-13-16-25-21-29(38-24-25)27-18-19-28(33-32(27)34-36(35-33)20-15-12-9-6-3)30-22-26(31(23-37)39-30)17-14-11-8-5-2/h18-19,21-24H,4-17,20H2,1-3H3. The Labute approximate surface area is 242 Å². The molecule has 3 aromatic heterocycles. The SMILES string of the molecule is CCCCCCc1csc(-c2ccc(-c3cc(CCCCCC)c(C=O)s3)c3nn(CCCCCC)nc23)c1. The summed E-state index contributed by atoms with van der Waals surface area (Å²) in [6.07, 6.45) is 17.9. The Morgan fingerprint density at radius 1 is 0.744 bits per heavy atom. The molecule has 6 heteroatoms. The van der Waals surface area contributed by atoms with E-state index in [1.54, 1.807) is 11.3 Å². The minimum absolute atomic E-state index is 0.841. The summed E-state index contributed by atoms with van der Waals surface area (Å²) in [5.74, 6) is 0. The smallest absolute Gasteiger partial charge is 0.160 e. The van der Waals surface area contributed by atoms with Gasteiger partial charge in [-0.3, -0.25) is 4.79 Å². The number of unbranched alkanes of at least 4 members (excludes halogenated alkanes) is 9. The number of aryl methyl sites for hydroxylation is 3. The molecule has 3 heterocycles. The lowest BCUT2D eigenvalue weighted by Crippen LogP contribution is -2.02. The number of hydrogen-bond donors (Lipinski definition) is 0. The van der Waals surface area contributed by atoms with Crippen LogP contribution in [0.2, 0.25) is 0 Å². The van der Waals surface area contributed by atoms with Crippen LogP contribution in [-0.2, 0) is 19.4 Å². The van der Waals surface area contributed by atoms with Crippen molar-refractivity contribution in [3.05, 3.63) is 45.6 Å². The van der Waals surface area contributed by atoms with E-state index in [-0.39, 0.29) is 0 Å². The highest BCUT2D eigenvalue weighted by atomic mass is 32.1. The quantitative estimate of drug-likeness (QED) is 0.0893. The maximum absolute atomic E-state index is 11.9. The number of carbonyl (C=O) groups excluding carboxylic acids is 1. The van der Waals surface area contributed by atoms with Crippen molar-refractivity contribution >= 4 is 40.0 Å². The molecule has 0 aliphatic rings. The molecule has 0 aliphatic carbocycles. The van der Waals surface area contributed by atoms with Gasteiger partial charge in [-0.05, 0) is 60.7 Å². The molecule has 0 saturated heterocycles. The van der Waals surface area contributed by atoms with Gasteiger partial charge in [0.05, 0.1) is 11.4 Å². The van der Waals surface area contributed by atoms with Crippen molar-refractivity contribution in [2.75, 3.05) is 0 Å². The van der Waals surface area contributed by atoms with E-state index in [9.17, 15) is 4.79 Å². The Hall–Kier alpha value is -2.31. The number of thiophene rings is 2. The first kappa shape index (κ1) is 29.7. The number of carbonyl (C=O) groups is 1. The van der Waals surface area contributed by atoms with Crippen LogP contribution in [-0.4, -0.2) is 21.3 Å². The van der Waals surface area contributed by atoms with Crippen LogP contribution in [0.5, 0.6) is 0 Å². The molecule has 0 unspecified atom stereocenters. The molecule has 0 aliphatic heterocycles. The number of aldehydes is 1. The Morgan fingerprint density at radius 3 is 2.00 bits per heavy atom. The minimum Gasteiger partial charge on any atom is -0.297 e. The van der Waals surface area contributed by atoms with E-state index in [4.69, 9.17) is 10.2 Å². The van der Waals surface area contributed by atoms with Crippen molar-refractivity contribution in [2.24, 2.45) is 0 Å². The lowest BCUT2D eigenvalue weighted by atomic mass is 10.0. The van der Waals surface area contributed by atoms with Gasteiger partial charge in [0, 0.05) is 20.9 Å². The predicted octanol–water partition coefficient (Wildman–Crippen LogP) is 10.5. The van der Waals surface area contributed by atoms with Crippen LogP contribution in [0.4, 0.5) is 0 Å². The summed E-state index contributed by atoms with van der Waals surface area (Å²) >= 11 is 3.42. The zero-order valence-corrected chi connectivity index (χ0v) is 25.8. The molecule has 0 N–H and O–H groups in total. The molecule has 0 radical (unpaired) electrons. The number of benzene rings is 1. The maximum atomic E-state index is 11.9. The summed E-state index contributed by atoms with van der Waals surface area (Å²) in [5, 5.41) is 12.4. The van der Waals surface area contributed by atoms with Gasteiger partial charge in [0.1, 0.15) is 11.0 Å². The molecule has 0 bridgehead atoms.